The van der Waals surface area contributed by atoms with Crippen molar-refractivity contribution in [3.8, 4) is 17.6 Å². The number of benzene rings is 3. The van der Waals surface area contributed by atoms with Crippen LogP contribution in [0.2, 0.25) is 0 Å². The van der Waals surface area contributed by atoms with E-state index in [1.54, 1.807) is 7.11 Å². The van der Waals surface area contributed by atoms with Crippen molar-refractivity contribution in [1.29, 1.82) is 0 Å². The van der Waals surface area contributed by atoms with E-state index in [4.69, 9.17) is 14.5 Å². The molecule has 0 aromatic heterocycles. The van der Waals surface area contributed by atoms with Gasteiger partial charge in [-0.1, -0.05) is 36.3 Å². The van der Waals surface area contributed by atoms with Gasteiger partial charge in [0.25, 0.3) is 0 Å². The van der Waals surface area contributed by atoms with E-state index in [1.807, 2.05) is 85.8 Å². The first kappa shape index (κ1) is 25.0. The van der Waals surface area contributed by atoms with Crippen molar-refractivity contribution >= 4 is 17.5 Å². The highest BCUT2D eigenvalue weighted by molar-refractivity contribution is 6.00. The summed E-state index contributed by atoms with van der Waals surface area (Å²) in [5.74, 6) is 7.85. The van der Waals surface area contributed by atoms with Gasteiger partial charge in [-0.15, -0.1) is 0 Å². The minimum absolute atomic E-state index is 0.280. The molecule has 0 bridgehead atoms. The fraction of sp³-hybridized carbons (Fsp3) is 0.267. The Morgan fingerprint density at radius 3 is 2.25 bits per heavy atom. The van der Waals surface area contributed by atoms with E-state index in [0.717, 1.165) is 55.6 Å². The number of rotatable bonds is 6. The van der Waals surface area contributed by atoms with E-state index < -0.39 is 0 Å². The first-order chi connectivity index (χ1) is 17.6. The first-order valence-electron chi connectivity index (χ1n) is 12.2. The molecule has 1 saturated heterocycles. The lowest BCUT2D eigenvalue weighted by molar-refractivity contribution is 0.0526. The molecule has 1 aliphatic heterocycles. The number of esters is 1. The summed E-state index contributed by atoms with van der Waals surface area (Å²) in [6.07, 6.45) is 0. The van der Waals surface area contributed by atoms with E-state index in [0.29, 0.717) is 12.2 Å². The van der Waals surface area contributed by atoms with Gasteiger partial charge in [0, 0.05) is 38.3 Å². The molecule has 0 amide bonds. The van der Waals surface area contributed by atoms with E-state index in [-0.39, 0.29) is 5.97 Å². The Labute approximate surface area is 213 Å². The highest BCUT2D eigenvalue weighted by atomic mass is 16.5. The molecule has 0 spiro atoms. The normalized spacial score (nSPS) is 14.1. The molecule has 0 saturated carbocycles. The molecule has 0 N–H and O–H groups in total. The standard InChI is InChI=1S/C30H31N3O3/c1-3-36-30(34)26-12-9-25(10-13-26)23-32-19-21-33(22-20-32)29(18-11-24-7-5-4-6-8-24)31-27-14-16-28(35-2)17-15-27/h4-10,12-17H,3,19-23H2,1-2H3. The van der Waals surface area contributed by atoms with Gasteiger partial charge in [-0.05, 0) is 66.9 Å². The number of hydrogen-bond acceptors (Lipinski definition) is 5. The Morgan fingerprint density at radius 1 is 0.917 bits per heavy atom. The summed E-state index contributed by atoms with van der Waals surface area (Å²) in [6, 6.07) is 25.3. The number of carbonyl (C=O) groups excluding carboxylic acids is 1. The van der Waals surface area contributed by atoms with Crippen molar-refractivity contribution in [2.75, 3.05) is 39.9 Å². The average molecular weight is 482 g/mol. The van der Waals surface area contributed by atoms with Crippen LogP contribution in [0.1, 0.15) is 28.4 Å². The van der Waals surface area contributed by atoms with E-state index in [9.17, 15) is 4.79 Å². The SMILES string of the molecule is CCOC(=O)c1ccc(CN2CCN(C(C#Cc3ccccc3)=Nc3ccc(OC)cc3)CC2)cc1. The van der Waals surface area contributed by atoms with Crippen LogP contribution in [-0.2, 0) is 11.3 Å². The fourth-order valence-corrected chi connectivity index (χ4v) is 3.94. The smallest absolute Gasteiger partial charge is 0.338 e. The van der Waals surface area contributed by atoms with Crippen LogP contribution < -0.4 is 4.74 Å². The summed E-state index contributed by atoms with van der Waals surface area (Å²) in [7, 11) is 1.66. The summed E-state index contributed by atoms with van der Waals surface area (Å²) in [5.41, 5.74) is 3.57. The van der Waals surface area contributed by atoms with Gasteiger partial charge in [-0.25, -0.2) is 9.79 Å². The molecule has 0 radical (unpaired) electrons. The van der Waals surface area contributed by atoms with Gasteiger partial charge in [0.15, 0.2) is 5.84 Å². The number of nitrogens with zero attached hydrogens (tertiary/aromatic N) is 3. The molecule has 4 rings (SSSR count). The van der Waals surface area contributed by atoms with E-state index in [2.05, 4.69) is 21.6 Å². The monoisotopic (exact) mass is 481 g/mol. The third-order valence-corrected chi connectivity index (χ3v) is 5.94. The lowest BCUT2D eigenvalue weighted by Crippen LogP contribution is -2.48. The molecule has 3 aromatic rings. The third kappa shape index (κ3) is 6.97. The lowest BCUT2D eigenvalue weighted by atomic mass is 10.1. The molecule has 0 unspecified atom stereocenters. The van der Waals surface area contributed by atoms with Crippen LogP contribution in [0, 0.1) is 11.8 Å². The zero-order valence-electron chi connectivity index (χ0n) is 20.8. The summed E-state index contributed by atoms with van der Waals surface area (Å²) < 4.78 is 10.3. The minimum Gasteiger partial charge on any atom is -0.497 e. The average Bonchev–Trinajstić information content (AvgIpc) is 2.93. The highest BCUT2D eigenvalue weighted by Crippen LogP contribution is 2.19. The van der Waals surface area contributed by atoms with Gasteiger partial charge < -0.3 is 14.4 Å². The molecule has 6 nitrogen and oxygen atoms in total. The van der Waals surface area contributed by atoms with Gasteiger partial charge in [-0.3, -0.25) is 4.90 Å². The summed E-state index contributed by atoms with van der Waals surface area (Å²) in [5, 5.41) is 0. The number of aliphatic imine (C=N–C) groups is 1. The number of carbonyl (C=O) groups is 1. The van der Waals surface area contributed by atoms with Gasteiger partial charge >= 0.3 is 5.97 Å². The number of piperazine rings is 1. The predicted molar refractivity (Wildman–Crippen MR) is 143 cm³/mol. The summed E-state index contributed by atoms with van der Waals surface area (Å²) in [6.45, 7) is 6.48. The molecule has 36 heavy (non-hydrogen) atoms. The molecular formula is C30H31N3O3. The molecule has 1 fully saturated rings. The van der Waals surface area contributed by atoms with Crippen LogP contribution in [0.5, 0.6) is 5.75 Å². The van der Waals surface area contributed by atoms with E-state index in [1.165, 1.54) is 5.56 Å². The van der Waals surface area contributed by atoms with Crippen LogP contribution in [0.3, 0.4) is 0 Å². The maximum atomic E-state index is 11.9. The van der Waals surface area contributed by atoms with Gasteiger partial charge in [0.05, 0.1) is 25.0 Å². The van der Waals surface area contributed by atoms with Crippen LogP contribution in [-0.4, -0.2) is 61.5 Å². The third-order valence-electron chi connectivity index (χ3n) is 5.94. The quantitative estimate of drug-likeness (QED) is 0.220. The second-order valence-electron chi connectivity index (χ2n) is 8.43. The number of amidine groups is 1. The maximum Gasteiger partial charge on any atom is 0.338 e. The molecule has 0 aliphatic carbocycles. The number of methoxy groups -OCH3 is 1. The second-order valence-corrected chi connectivity index (χ2v) is 8.43. The zero-order valence-corrected chi connectivity index (χ0v) is 20.8. The lowest BCUT2D eigenvalue weighted by Gasteiger charge is -2.35. The Balaban J connectivity index is 1.43. The van der Waals surface area contributed by atoms with Crippen molar-refractivity contribution in [1.82, 2.24) is 9.80 Å². The number of hydrogen-bond donors (Lipinski definition) is 0. The molecular weight excluding hydrogens is 450 g/mol. The summed E-state index contributed by atoms with van der Waals surface area (Å²) >= 11 is 0. The zero-order chi connectivity index (χ0) is 25.2. The second kappa shape index (κ2) is 12.6. The minimum atomic E-state index is -0.280. The van der Waals surface area contributed by atoms with Crippen molar-refractivity contribution in [2.45, 2.75) is 13.5 Å². The fourth-order valence-electron chi connectivity index (χ4n) is 3.94. The van der Waals surface area contributed by atoms with Crippen molar-refractivity contribution in [3.63, 3.8) is 0 Å². The van der Waals surface area contributed by atoms with E-state index >= 15 is 0 Å². The summed E-state index contributed by atoms with van der Waals surface area (Å²) in [4.78, 5) is 21.4. The Kier molecular flexibility index (Phi) is 8.74. The molecule has 1 heterocycles. The van der Waals surface area contributed by atoms with Gasteiger partial charge in [0.2, 0.25) is 0 Å². The molecule has 184 valence electrons. The van der Waals surface area contributed by atoms with Crippen LogP contribution in [0.25, 0.3) is 0 Å². The van der Waals surface area contributed by atoms with Gasteiger partial charge in [-0.2, -0.15) is 0 Å². The largest absolute Gasteiger partial charge is 0.497 e. The Morgan fingerprint density at radius 2 is 1.61 bits per heavy atom. The van der Waals surface area contributed by atoms with Crippen molar-refractivity contribution in [3.05, 3.63) is 95.6 Å². The van der Waals surface area contributed by atoms with Gasteiger partial charge in [0.1, 0.15) is 5.75 Å². The maximum absolute atomic E-state index is 11.9. The molecule has 6 heteroatoms. The van der Waals surface area contributed by atoms with Crippen LogP contribution in [0.15, 0.2) is 83.9 Å². The van der Waals surface area contributed by atoms with Crippen LogP contribution in [0.4, 0.5) is 5.69 Å². The molecule has 3 aromatic carbocycles. The van der Waals surface area contributed by atoms with Crippen LogP contribution >= 0.6 is 0 Å². The molecule has 1 aliphatic rings. The molecule has 0 atom stereocenters. The van der Waals surface area contributed by atoms with Crippen molar-refractivity contribution in [2.24, 2.45) is 4.99 Å². The number of ether oxygens (including phenoxy) is 2. The predicted octanol–water partition coefficient (Wildman–Crippen LogP) is 4.77. The highest BCUT2D eigenvalue weighted by Gasteiger charge is 2.19. The van der Waals surface area contributed by atoms with Crippen molar-refractivity contribution < 1.29 is 14.3 Å². The Hall–Kier alpha value is -4.08. The topological polar surface area (TPSA) is 54.4 Å². The first-order valence-corrected chi connectivity index (χ1v) is 12.2. The Bertz CT molecular complexity index is 1220.